The SMILES string of the molecule is CC(C)(C)[O][Zr]([O]C(C)(C)C)([O]C(C)(C)C)([C]1=CC=CC1)[GeH]([F])[F]. The molecule has 0 atom stereocenters. The number of hydrogen-bond acceptors (Lipinski definition) is 3. The molecule has 141 valence electrons. The molecule has 0 amide bonds. The molecule has 1 rings (SSSR count). The van der Waals surface area contributed by atoms with Crippen molar-refractivity contribution in [1.29, 1.82) is 0 Å². The summed E-state index contributed by atoms with van der Waals surface area (Å²) >= 11 is -11.0. The second-order valence-electron chi connectivity index (χ2n) is 9.32. The summed E-state index contributed by atoms with van der Waals surface area (Å²) in [7, 11) is 0. The molecule has 0 bridgehead atoms. The standard InChI is InChI=1S/C5H5.3C4H9O.F2GeH.Zr/c1-2-4-5-3-1;3*1-4(2,3)5;1-3-2;/h1-3H,4H2;3*1-3H3;3H;/q;3*-1;;+3. The minimum absolute atomic E-state index is 0.420. The fraction of sp³-hybridized carbons (Fsp3) is 0.765. The van der Waals surface area contributed by atoms with Crippen molar-refractivity contribution in [3.05, 3.63) is 21.5 Å². The summed E-state index contributed by atoms with van der Waals surface area (Å²) in [4.78, 5) is 0. The molecule has 0 unspecified atom stereocenters. The summed E-state index contributed by atoms with van der Waals surface area (Å²) in [5.41, 5.74) is -2.35. The summed E-state index contributed by atoms with van der Waals surface area (Å²) in [6.07, 6.45) is 5.84. The van der Waals surface area contributed by atoms with Crippen molar-refractivity contribution in [2.75, 3.05) is 0 Å². The van der Waals surface area contributed by atoms with Gasteiger partial charge in [0.05, 0.1) is 0 Å². The Hall–Kier alpha value is 0.646. The molecule has 0 saturated carbocycles. The van der Waals surface area contributed by atoms with Gasteiger partial charge < -0.3 is 0 Å². The molecule has 0 aromatic carbocycles. The predicted molar refractivity (Wildman–Crippen MR) is 93.7 cm³/mol. The molecule has 0 heterocycles. The second kappa shape index (κ2) is 6.99. The number of rotatable bonds is 5. The summed E-state index contributed by atoms with van der Waals surface area (Å²) in [5, 5.41) is 0. The molecule has 0 aromatic heterocycles. The van der Waals surface area contributed by atoms with Gasteiger partial charge in [-0.25, -0.2) is 0 Å². The predicted octanol–water partition coefficient (Wildman–Crippen LogP) is 5.37. The van der Waals surface area contributed by atoms with Crippen LogP contribution in [0.3, 0.4) is 0 Å². The van der Waals surface area contributed by atoms with Crippen molar-refractivity contribution in [3.63, 3.8) is 0 Å². The van der Waals surface area contributed by atoms with E-state index in [9.17, 15) is 0 Å². The third kappa shape index (κ3) is 5.32. The van der Waals surface area contributed by atoms with Crippen LogP contribution in [0.5, 0.6) is 0 Å². The van der Waals surface area contributed by atoms with Crippen molar-refractivity contribution >= 4 is 11.5 Å². The van der Waals surface area contributed by atoms with Gasteiger partial charge in [-0.15, -0.1) is 0 Å². The Kier molecular flexibility index (Phi) is 6.61. The molecule has 24 heavy (non-hydrogen) atoms. The molecule has 0 aromatic rings. The Morgan fingerprint density at radius 3 is 1.42 bits per heavy atom. The third-order valence-electron chi connectivity index (χ3n) is 3.22. The van der Waals surface area contributed by atoms with Gasteiger partial charge in [-0.2, -0.15) is 0 Å². The van der Waals surface area contributed by atoms with Crippen molar-refractivity contribution in [3.8, 4) is 0 Å². The molecular weight excluding hydrogens is 454 g/mol. The quantitative estimate of drug-likeness (QED) is 0.489. The first-order chi connectivity index (χ1) is 10.5. The first kappa shape index (κ1) is 22.7. The number of allylic oxidation sites excluding steroid dienone is 4. The van der Waals surface area contributed by atoms with Gasteiger partial charge in [0, 0.05) is 0 Å². The zero-order valence-corrected chi connectivity index (χ0v) is 21.4. The third-order valence-corrected chi connectivity index (χ3v) is 34.5. The van der Waals surface area contributed by atoms with Gasteiger partial charge in [-0.1, -0.05) is 0 Å². The first-order valence-electron chi connectivity index (χ1n) is 8.42. The van der Waals surface area contributed by atoms with Crippen LogP contribution < -0.4 is 0 Å². The normalized spacial score (nSPS) is 18.7. The van der Waals surface area contributed by atoms with Crippen LogP contribution in [0.25, 0.3) is 0 Å². The van der Waals surface area contributed by atoms with Gasteiger partial charge in [0.1, 0.15) is 0 Å². The van der Waals surface area contributed by atoms with Crippen molar-refractivity contribution < 1.29 is 33.0 Å². The Labute approximate surface area is 151 Å². The summed E-state index contributed by atoms with van der Waals surface area (Å²) in [6, 6.07) is 0. The maximum absolute atomic E-state index is 15.1. The van der Waals surface area contributed by atoms with E-state index in [0.29, 0.717) is 9.70 Å². The van der Waals surface area contributed by atoms with Crippen LogP contribution in [-0.2, 0) is 26.0 Å². The summed E-state index contributed by atoms with van der Waals surface area (Å²) in [5.74, 6) is 0. The molecule has 0 fully saturated rings. The minimum atomic E-state index is -5.93. The van der Waals surface area contributed by atoms with E-state index in [1.165, 1.54) is 0 Å². The van der Waals surface area contributed by atoms with Gasteiger partial charge in [0.15, 0.2) is 0 Å². The molecule has 0 saturated heterocycles. The average Bonchev–Trinajstić information content (AvgIpc) is 2.74. The van der Waals surface area contributed by atoms with Crippen LogP contribution in [0.4, 0.5) is 7.00 Å². The Balaban J connectivity index is 3.75. The molecule has 3 nitrogen and oxygen atoms in total. The fourth-order valence-corrected chi connectivity index (χ4v) is 39.0. The molecule has 1 aliphatic rings. The summed E-state index contributed by atoms with van der Waals surface area (Å²) in [6.45, 7) is 16.2. The van der Waals surface area contributed by atoms with Crippen molar-refractivity contribution in [2.24, 2.45) is 0 Å². The molecule has 1 aliphatic carbocycles. The Morgan fingerprint density at radius 1 is 0.833 bits per heavy atom. The van der Waals surface area contributed by atoms with E-state index in [0.717, 1.165) is 0 Å². The number of hydrogen-bond donors (Lipinski definition) is 0. The van der Waals surface area contributed by atoms with Gasteiger partial charge in [0.2, 0.25) is 0 Å². The van der Waals surface area contributed by atoms with Crippen LogP contribution in [0.15, 0.2) is 21.5 Å². The Bertz CT molecular complexity index is 482. The molecule has 0 spiro atoms. The van der Waals surface area contributed by atoms with Gasteiger partial charge in [0.25, 0.3) is 0 Å². The van der Waals surface area contributed by atoms with E-state index in [4.69, 9.17) is 8.44 Å². The zero-order valence-electron chi connectivity index (χ0n) is 16.5. The molecular formula is C17H33F2GeO3Zr. The van der Waals surface area contributed by atoms with Gasteiger partial charge in [-0.05, 0) is 0 Å². The zero-order chi connectivity index (χ0) is 19.1. The average molecular weight is 487 g/mol. The van der Waals surface area contributed by atoms with Crippen LogP contribution in [0.2, 0.25) is 0 Å². The van der Waals surface area contributed by atoms with Gasteiger partial charge >= 0.3 is 152 Å². The fourth-order valence-electron chi connectivity index (χ4n) is 3.05. The maximum atomic E-state index is 15.1. The second-order valence-corrected chi connectivity index (χ2v) is 36.8. The van der Waals surface area contributed by atoms with E-state index in [1.807, 2.05) is 6.08 Å². The van der Waals surface area contributed by atoms with Crippen LogP contribution in [0.1, 0.15) is 68.7 Å². The summed E-state index contributed by atoms with van der Waals surface area (Å²) < 4.78 is 49.6. The van der Waals surface area contributed by atoms with Gasteiger partial charge in [-0.3, -0.25) is 0 Å². The van der Waals surface area contributed by atoms with E-state index < -0.39 is 45.9 Å². The van der Waals surface area contributed by atoms with Crippen LogP contribution in [0, 0.1) is 0 Å². The molecule has 0 aliphatic heterocycles. The van der Waals surface area contributed by atoms with Crippen LogP contribution in [-0.4, -0.2) is 28.3 Å². The molecule has 0 radical (unpaired) electrons. The number of halogens is 2. The first-order valence-corrected chi connectivity index (χ1v) is 23.1. The van der Waals surface area contributed by atoms with E-state index in [-0.39, 0.29) is 0 Å². The topological polar surface area (TPSA) is 27.7 Å². The monoisotopic (exact) mass is 487 g/mol. The Morgan fingerprint density at radius 2 is 1.21 bits per heavy atom. The van der Waals surface area contributed by atoms with E-state index >= 15 is 7.00 Å². The molecule has 0 N–H and O–H groups in total. The van der Waals surface area contributed by atoms with Crippen LogP contribution >= 0.6 is 0 Å². The van der Waals surface area contributed by atoms with E-state index in [2.05, 4.69) is 0 Å². The molecule has 7 heteroatoms. The van der Waals surface area contributed by atoms with Crippen molar-refractivity contribution in [2.45, 2.75) is 85.5 Å². The van der Waals surface area contributed by atoms with E-state index in [1.54, 1.807) is 74.5 Å². The van der Waals surface area contributed by atoms with Crippen molar-refractivity contribution in [1.82, 2.24) is 0 Å².